The second-order valence-electron chi connectivity index (χ2n) is 20.3. The quantitative estimate of drug-likeness (QED) is 0.00549. The van der Waals surface area contributed by atoms with Gasteiger partial charge in [-0.2, -0.15) is 23.4 Å². The number of nitrogens with zero attached hydrogens (tertiary/aromatic N) is 11. The maximum absolute atomic E-state index is 13.5. The number of primary amides is 1. The van der Waals surface area contributed by atoms with Crippen LogP contribution in [0.15, 0.2) is 121 Å². The van der Waals surface area contributed by atoms with E-state index >= 15 is 0 Å². The van der Waals surface area contributed by atoms with Crippen LogP contribution >= 0.6 is 34.4 Å². The van der Waals surface area contributed by atoms with Crippen molar-refractivity contribution < 1.29 is 51.2 Å². The third-order valence-electron chi connectivity index (χ3n) is 14.1. The van der Waals surface area contributed by atoms with Crippen LogP contribution in [-0.2, 0) is 34.1 Å². The first kappa shape index (κ1) is 69.0. The number of carbonyl (C=O) groups is 6. The van der Waals surface area contributed by atoms with E-state index in [0.717, 1.165) is 62.1 Å². The number of hydrogen-bond donors (Lipinski definition) is 7. The number of azo groups is 2. The molecule has 1 aliphatic carbocycles. The van der Waals surface area contributed by atoms with Gasteiger partial charge in [-0.1, -0.05) is 65.8 Å². The first-order chi connectivity index (χ1) is 44.6. The first-order valence-corrected chi connectivity index (χ1v) is 33.1. The molecular formula is C61H67N17O11S4. The normalized spacial score (nSPS) is 13.0. The van der Waals surface area contributed by atoms with Gasteiger partial charge in [-0.25, -0.2) is 9.97 Å². The summed E-state index contributed by atoms with van der Waals surface area (Å²) in [5, 5.41) is 32.0. The van der Waals surface area contributed by atoms with Crippen molar-refractivity contribution in [2.45, 2.75) is 89.1 Å². The molecule has 486 valence electrons. The lowest BCUT2D eigenvalue weighted by Crippen LogP contribution is -2.22. The fourth-order valence-electron chi connectivity index (χ4n) is 9.56. The van der Waals surface area contributed by atoms with Gasteiger partial charge in [0.2, 0.25) is 39.5 Å². The standard InChI is InChI=1S/C61H67N17O11S4/c1-9-77(10-2)48-28-44(46(30-50(48)88-7)73-75-59-63-32-41(91-59)26-42(34(5)80)54(83)66-39-21-17-19-37(25-39)64-33-79)67-57-70-58(72-60(71-57)90-40-22-14-13-15-23-40)68-45-29-49(78(11-3)12-4)51(89-8)31-47(45)74-76-61-69-56(93(85,86)87)52(92-61)27-43(35(6)81)55(84)65-38-20-16-18-36(24-38)53(62)82/h16-21,24-33,40H,9-15,22-23H2,1-8H3,(H2,62,82)(H,64,79)(H,65,84)(H,66,83)(H,85,86,87)(H2,67,68,70,71,72)/b42-26+,43-27-,75-73?,76-74?. The summed E-state index contributed by atoms with van der Waals surface area (Å²) in [5.74, 6) is -2.65. The Kier molecular flexibility index (Phi) is 23.7. The zero-order valence-electron chi connectivity index (χ0n) is 51.8. The average Bonchev–Trinajstić information content (AvgIpc) is 1.55. The molecule has 0 saturated heterocycles. The van der Waals surface area contributed by atoms with E-state index in [-0.39, 0.29) is 60.5 Å². The molecule has 0 radical (unpaired) electrons. The third-order valence-corrected chi connectivity index (χ3v) is 18.0. The van der Waals surface area contributed by atoms with E-state index in [9.17, 15) is 41.7 Å². The number of aromatic nitrogens is 5. The zero-order chi connectivity index (χ0) is 66.9. The minimum atomic E-state index is -5.10. The SMILES string of the molecule is CCN(CC)c1cc(Nc2nc(Nc3cc(N(CC)CC)c(OC)cc3N=Nc3nc(S(=O)(=O)O)c(/C=C(/C(C)=O)C(=O)Nc4cccc(C(N)=O)c4)s3)nc(SC3CCCCC3)n2)c(N=Nc2ncc(/C=C(\C(C)=O)C(=O)Nc3cccc(NC=O)c3)s2)cc1OC. The number of rotatable bonds is 30. The van der Waals surface area contributed by atoms with Crippen molar-refractivity contribution in [3.8, 4) is 11.5 Å². The monoisotopic (exact) mass is 1340 g/mol. The summed E-state index contributed by atoms with van der Waals surface area (Å²) >= 11 is 3.19. The lowest BCUT2D eigenvalue weighted by molar-refractivity contribution is -0.120. The predicted octanol–water partition coefficient (Wildman–Crippen LogP) is 12.4. The van der Waals surface area contributed by atoms with Crippen LogP contribution in [0, 0.1) is 0 Å². The number of Topliss-reactive ketones (excluding diaryl/α,β-unsaturated/α-hetero) is 2. The van der Waals surface area contributed by atoms with Crippen LogP contribution < -0.4 is 51.6 Å². The van der Waals surface area contributed by atoms with Gasteiger partial charge in [0.05, 0.1) is 57.9 Å². The summed E-state index contributed by atoms with van der Waals surface area (Å²) in [7, 11) is -2.07. The number of carbonyl (C=O) groups excluding carboxylic acids is 6. The van der Waals surface area contributed by atoms with E-state index < -0.39 is 50.0 Å². The second kappa shape index (κ2) is 31.9. The van der Waals surface area contributed by atoms with Crippen LogP contribution in [0.4, 0.5) is 73.3 Å². The van der Waals surface area contributed by atoms with E-state index in [1.165, 1.54) is 62.3 Å². The summed E-state index contributed by atoms with van der Waals surface area (Å²) in [6.45, 7) is 12.7. The summed E-state index contributed by atoms with van der Waals surface area (Å²) < 4.78 is 47.9. The number of hydrogen-bond acceptors (Lipinski definition) is 26. The van der Waals surface area contributed by atoms with E-state index in [1.807, 2.05) is 38.7 Å². The Morgan fingerprint density at radius 2 is 1.22 bits per heavy atom. The molecular weight excluding hydrogens is 1280 g/mol. The molecule has 93 heavy (non-hydrogen) atoms. The third kappa shape index (κ3) is 18.2. The van der Waals surface area contributed by atoms with Gasteiger partial charge in [-0.3, -0.25) is 33.3 Å². The van der Waals surface area contributed by atoms with Gasteiger partial charge in [0.25, 0.3) is 11.8 Å². The maximum Gasteiger partial charge on any atom is 0.313 e. The minimum absolute atomic E-state index is 0.0655. The average molecular weight is 1340 g/mol. The largest absolute Gasteiger partial charge is 0.494 e. The van der Waals surface area contributed by atoms with E-state index in [1.54, 1.807) is 49.6 Å². The van der Waals surface area contributed by atoms with Crippen molar-refractivity contribution in [2.24, 2.45) is 26.2 Å². The minimum Gasteiger partial charge on any atom is -0.494 e. The molecule has 4 aromatic carbocycles. The molecule has 3 heterocycles. The van der Waals surface area contributed by atoms with Gasteiger partial charge in [0, 0.05) is 72.4 Å². The molecule has 0 unspecified atom stereocenters. The Morgan fingerprint density at radius 3 is 1.73 bits per heavy atom. The van der Waals surface area contributed by atoms with Crippen LogP contribution in [0.1, 0.15) is 93.8 Å². The molecule has 7 aromatic rings. The van der Waals surface area contributed by atoms with Crippen molar-refractivity contribution in [3.05, 3.63) is 105 Å². The van der Waals surface area contributed by atoms with Gasteiger partial charge in [0.15, 0.2) is 16.7 Å². The lowest BCUT2D eigenvalue weighted by atomic mass is 10.0. The maximum atomic E-state index is 13.5. The van der Waals surface area contributed by atoms with Crippen LogP contribution in [-0.4, -0.2) is 119 Å². The molecule has 0 bridgehead atoms. The number of benzene rings is 4. The Balaban J connectivity index is 1.18. The molecule has 0 aliphatic heterocycles. The Morgan fingerprint density at radius 1 is 0.688 bits per heavy atom. The molecule has 1 saturated carbocycles. The van der Waals surface area contributed by atoms with Gasteiger partial charge in [-0.05, 0) is 115 Å². The predicted molar refractivity (Wildman–Crippen MR) is 360 cm³/mol. The van der Waals surface area contributed by atoms with Crippen LogP contribution in [0.2, 0.25) is 0 Å². The van der Waals surface area contributed by atoms with Gasteiger partial charge in [-0.15, -0.1) is 20.5 Å². The molecule has 8 rings (SSSR count). The van der Waals surface area contributed by atoms with Crippen molar-refractivity contribution in [1.29, 1.82) is 0 Å². The Hall–Kier alpha value is -9.89. The number of thioether (sulfide) groups is 1. The van der Waals surface area contributed by atoms with Gasteiger partial charge < -0.3 is 51.6 Å². The number of thiazole rings is 2. The topological polar surface area (TPSA) is 382 Å². The smallest absolute Gasteiger partial charge is 0.313 e. The molecule has 1 fully saturated rings. The molecule has 28 nitrogen and oxygen atoms in total. The highest BCUT2D eigenvalue weighted by atomic mass is 32.2. The number of ether oxygens (including phenoxy) is 2. The summed E-state index contributed by atoms with van der Waals surface area (Å²) in [6, 6.07) is 19.0. The molecule has 0 spiro atoms. The van der Waals surface area contributed by atoms with E-state index in [4.69, 9.17) is 30.2 Å². The zero-order valence-corrected chi connectivity index (χ0v) is 55.1. The van der Waals surface area contributed by atoms with Crippen molar-refractivity contribution in [3.63, 3.8) is 0 Å². The number of nitrogens with one attached hydrogen (secondary N) is 5. The fraction of sp³-hybridized carbons (Fsp3) is 0.295. The van der Waals surface area contributed by atoms with Gasteiger partial charge >= 0.3 is 10.1 Å². The molecule has 3 aromatic heterocycles. The number of amides is 4. The molecule has 0 atom stereocenters. The summed E-state index contributed by atoms with van der Waals surface area (Å²) in [6.07, 6.45) is 9.38. The highest BCUT2D eigenvalue weighted by molar-refractivity contribution is 7.99. The second-order valence-corrected chi connectivity index (χ2v) is 25.0. The van der Waals surface area contributed by atoms with E-state index in [2.05, 4.69) is 61.9 Å². The van der Waals surface area contributed by atoms with Crippen molar-refractivity contribution >= 4 is 166 Å². The van der Waals surface area contributed by atoms with Gasteiger partial charge in [0.1, 0.15) is 22.9 Å². The summed E-state index contributed by atoms with van der Waals surface area (Å²) in [5.41, 5.74) is 8.21. The first-order valence-electron chi connectivity index (χ1n) is 29.1. The van der Waals surface area contributed by atoms with Crippen molar-refractivity contribution in [2.75, 3.05) is 76.8 Å². The Labute approximate surface area is 547 Å². The van der Waals surface area contributed by atoms with Crippen LogP contribution in [0.3, 0.4) is 0 Å². The molecule has 1 aliphatic rings. The number of methoxy groups -OCH3 is 2. The fourth-order valence-corrected chi connectivity index (χ4v) is 13.1. The lowest BCUT2D eigenvalue weighted by Gasteiger charge is -2.25. The number of nitrogens with two attached hydrogens (primary N) is 1. The molecule has 4 amide bonds. The highest BCUT2D eigenvalue weighted by Crippen LogP contribution is 2.44. The van der Waals surface area contributed by atoms with Crippen molar-refractivity contribution in [1.82, 2.24) is 24.9 Å². The molecule has 8 N–H and O–H groups in total. The van der Waals surface area contributed by atoms with Crippen LogP contribution in [0.5, 0.6) is 11.5 Å². The molecule has 32 heteroatoms. The number of anilines is 9. The highest BCUT2D eigenvalue weighted by Gasteiger charge is 2.27. The summed E-state index contributed by atoms with van der Waals surface area (Å²) in [4.78, 5) is 103. The van der Waals surface area contributed by atoms with E-state index in [0.29, 0.717) is 93.9 Å². The Bertz CT molecular complexity index is 4200. The number of ketones is 2. The van der Waals surface area contributed by atoms with Crippen LogP contribution in [0.25, 0.3) is 12.2 Å².